The predicted octanol–water partition coefficient (Wildman–Crippen LogP) is 2.45. The number of ether oxygens (including phenoxy) is 1. The molecule has 4 aromatic rings. The van der Waals surface area contributed by atoms with Gasteiger partial charge in [0.2, 0.25) is 0 Å². The summed E-state index contributed by atoms with van der Waals surface area (Å²) >= 11 is 0. The van der Waals surface area contributed by atoms with Crippen LogP contribution >= 0.6 is 0 Å². The van der Waals surface area contributed by atoms with E-state index in [-0.39, 0.29) is 0 Å². The number of anilines is 1. The van der Waals surface area contributed by atoms with Gasteiger partial charge in [-0.2, -0.15) is 0 Å². The maximum Gasteiger partial charge on any atom is 0.411 e. The third-order valence-electron chi connectivity index (χ3n) is 5.10. The largest absolute Gasteiger partial charge is 0.453 e. The summed E-state index contributed by atoms with van der Waals surface area (Å²) in [6, 6.07) is 7.02. The molecule has 1 aliphatic carbocycles. The van der Waals surface area contributed by atoms with Crippen molar-refractivity contribution in [3.63, 3.8) is 0 Å². The van der Waals surface area contributed by atoms with Crippen LogP contribution in [0.4, 0.5) is 10.5 Å². The van der Waals surface area contributed by atoms with Crippen LogP contribution < -0.4 is 5.32 Å². The standard InChI is InChI=1S/C20H19N7O3/c1-30-20(29)23-13-4-6-14(7-5-13)27-10-16(24-25-27)19(28)18-17(12-2-3-12)22-9-15-8-21-11-26(15)18/h4-12,19,28H,2-3H2,1H3,(H,23,29). The first-order chi connectivity index (χ1) is 14.6. The van der Waals surface area contributed by atoms with Crippen LogP contribution in [0, 0.1) is 0 Å². The number of nitrogens with zero attached hydrogens (tertiary/aromatic N) is 6. The number of fused-ring (bicyclic) bond motifs is 1. The highest BCUT2D eigenvalue weighted by Gasteiger charge is 2.32. The molecule has 0 spiro atoms. The fourth-order valence-electron chi connectivity index (χ4n) is 3.41. The Morgan fingerprint density at radius 2 is 2.07 bits per heavy atom. The Balaban J connectivity index is 1.45. The average Bonchev–Trinajstić information content (AvgIpc) is 3.29. The second kappa shape index (κ2) is 7.23. The lowest BCUT2D eigenvalue weighted by atomic mass is 10.1. The van der Waals surface area contributed by atoms with Gasteiger partial charge in [-0.05, 0) is 37.1 Å². The van der Waals surface area contributed by atoms with E-state index in [4.69, 9.17) is 0 Å². The van der Waals surface area contributed by atoms with E-state index in [0.717, 1.165) is 29.7 Å². The first-order valence-electron chi connectivity index (χ1n) is 9.50. The van der Waals surface area contributed by atoms with Crippen LogP contribution in [-0.2, 0) is 4.74 Å². The average molecular weight is 405 g/mol. The molecule has 5 rings (SSSR count). The van der Waals surface area contributed by atoms with Gasteiger partial charge in [0.05, 0.1) is 54.6 Å². The molecular weight excluding hydrogens is 386 g/mol. The zero-order valence-electron chi connectivity index (χ0n) is 16.1. The van der Waals surface area contributed by atoms with E-state index >= 15 is 0 Å². The molecule has 0 radical (unpaired) electrons. The van der Waals surface area contributed by atoms with E-state index in [1.165, 1.54) is 7.11 Å². The van der Waals surface area contributed by atoms with Crippen molar-refractivity contribution >= 4 is 17.3 Å². The molecule has 1 aromatic carbocycles. The van der Waals surface area contributed by atoms with Crippen molar-refractivity contribution in [2.45, 2.75) is 24.9 Å². The first kappa shape index (κ1) is 18.3. The van der Waals surface area contributed by atoms with E-state index in [1.54, 1.807) is 53.9 Å². The number of aliphatic hydroxyl groups excluding tert-OH is 1. The van der Waals surface area contributed by atoms with E-state index in [0.29, 0.717) is 23.0 Å². The van der Waals surface area contributed by atoms with Gasteiger partial charge in [-0.25, -0.2) is 14.5 Å². The van der Waals surface area contributed by atoms with Crippen molar-refractivity contribution in [1.82, 2.24) is 29.4 Å². The smallest absolute Gasteiger partial charge is 0.411 e. The van der Waals surface area contributed by atoms with Crippen molar-refractivity contribution in [2.24, 2.45) is 0 Å². The molecule has 1 saturated carbocycles. The summed E-state index contributed by atoms with van der Waals surface area (Å²) in [6.45, 7) is 0. The van der Waals surface area contributed by atoms with Crippen molar-refractivity contribution in [3.05, 3.63) is 66.3 Å². The van der Waals surface area contributed by atoms with Gasteiger partial charge in [-0.15, -0.1) is 5.10 Å². The van der Waals surface area contributed by atoms with Gasteiger partial charge in [0, 0.05) is 11.6 Å². The predicted molar refractivity (Wildman–Crippen MR) is 106 cm³/mol. The Kier molecular flexibility index (Phi) is 4.40. The zero-order valence-corrected chi connectivity index (χ0v) is 16.1. The lowest BCUT2D eigenvalue weighted by molar-refractivity contribution is 0.187. The number of benzene rings is 1. The van der Waals surface area contributed by atoms with Gasteiger partial charge < -0.3 is 9.84 Å². The quantitative estimate of drug-likeness (QED) is 0.523. The van der Waals surface area contributed by atoms with Crippen LogP contribution in [0.5, 0.6) is 0 Å². The number of amides is 1. The van der Waals surface area contributed by atoms with E-state index in [9.17, 15) is 9.90 Å². The molecule has 1 atom stereocenters. The van der Waals surface area contributed by atoms with Crippen LogP contribution in [0.2, 0.25) is 0 Å². The second-order valence-electron chi connectivity index (χ2n) is 7.15. The topological polar surface area (TPSA) is 119 Å². The maximum atomic E-state index is 11.3. The number of aromatic nitrogens is 6. The van der Waals surface area contributed by atoms with Crippen LogP contribution in [0.15, 0.2) is 49.2 Å². The fraction of sp³-hybridized carbons (Fsp3) is 0.250. The Bertz CT molecular complexity index is 1210. The summed E-state index contributed by atoms with van der Waals surface area (Å²) < 4.78 is 8.01. The van der Waals surface area contributed by atoms with Crippen molar-refractivity contribution in [1.29, 1.82) is 0 Å². The van der Waals surface area contributed by atoms with Gasteiger partial charge in [-0.1, -0.05) is 5.21 Å². The van der Waals surface area contributed by atoms with Gasteiger partial charge in [0.1, 0.15) is 11.8 Å². The van der Waals surface area contributed by atoms with E-state index in [2.05, 4.69) is 30.3 Å². The van der Waals surface area contributed by atoms with E-state index in [1.807, 2.05) is 4.40 Å². The highest BCUT2D eigenvalue weighted by molar-refractivity contribution is 5.84. The number of carbonyl (C=O) groups excluding carboxylic acids is 1. The Labute approximate surface area is 171 Å². The second-order valence-corrected chi connectivity index (χ2v) is 7.15. The Hall–Kier alpha value is -3.79. The van der Waals surface area contributed by atoms with Crippen molar-refractivity contribution in [3.8, 4) is 5.69 Å². The first-order valence-corrected chi connectivity index (χ1v) is 9.50. The number of hydrogen-bond acceptors (Lipinski definition) is 7. The van der Waals surface area contributed by atoms with E-state index < -0.39 is 12.2 Å². The number of aliphatic hydroxyl groups is 1. The minimum absolute atomic E-state index is 0.353. The lowest BCUT2D eigenvalue weighted by Crippen LogP contribution is -2.11. The molecule has 152 valence electrons. The molecule has 1 amide bonds. The minimum atomic E-state index is -0.986. The number of rotatable bonds is 5. The molecule has 2 N–H and O–H groups in total. The summed E-state index contributed by atoms with van der Waals surface area (Å²) in [5.41, 5.74) is 4.11. The van der Waals surface area contributed by atoms with Gasteiger partial charge >= 0.3 is 6.09 Å². The summed E-state index contributed by atoms with van der Waals surface area (Å²) in [5, 5.41) is 22.0. The van der Waals surface area contributed by atoms with Crippen LogP contribution in [0.1, 0.15) is 41.9 Å². The van der Waals surface area contributed by atoms with Gasteiger partial charge in [0.25, 0.3) is 0 Å². The normalized spacial score (nSPS) is 14.6. The Morgan fingerprint density at radius 3 is 2.80 bits per heavy atom. The number of carbonyl (C=O) groups is 1. The molecular formula is C20H19N7O3. The summed E-state index contributed by atoms with van der Waals surface area (Å²) in [5.74, 6) is 0.353. The molecule has 0 saturated heterocycles. The van der Waals surface area contributed by atoms with Crippen LogP contribution in [0.25, 0.3) is 11.2 Å². The number of nitrogens with one attached hydrogen (secondary N) is 1. The molecule has 1 aliphatic rings. The van der Waals surface area contributed by atoms with Gasteiger partial charge in [-0.3, -0.25) is 14.7 Å². The third-order valence-corrected chi connectivity index (χ3v) is 5.10. The molecule has 1 fully saturated rings. The zero-order chi connectivity index (χ0) is 20.7. The van der Waals surface area contributed by atoms with Crippen molar-refractivity contribution in [2.75, 3.05) is 12.4 Å². The fourth-order valence-corrected chi connectivity index (χ4v) is 3.41. The highest BCUT2D eigenvalue weighted by Crippen LogP contribution is 2.42. The Morgan fingerprint density at radius 1 is 1.27 bits per heavy atom. The molecule has 10 heteroatoms. The summed E-state index contributed by atoms with van der Waals surface area (Å²) in [6.07, 6.45) is 7.44. The van der Waals surface area contributed by atoms with Crippen LogP contribution in [0.3, 0.4) is 0 Å². The monoisotopic (exact) mass is 405 g/mol. The van der Waals surface area contributed by atoms with Gasteiger partial charge in [0.15, 0.2) is 0 Å². The number of imidazole rings is 1. The highest BCUT2D eigenvalue weighted by atomic mass is 16.5. The third kappa shape index (κ3) is 3.26. The van der Waals surface area contributed by atoms with Crippen LogP contribution in [-0.4, -0.2) is 47.7 Å². The van der Waals surface area contributed by atoms with Crippen molar-refractivity contribution < 1.29 is 14.6 Å². The molecule has 3 heterocycles. The molecule has 0 aliphatic heterocycles. The minimum Gasteiger partial charge on any atom is -0.453 e. The lowest BCUT2D eigenvalue weighted by Gasteiger charge is -2.15. The molecule has 10 nitrogen and oxygen atoms in total. The number of methoxy groups -OCH3 is 1. The molecule has 1 unspecified atom stereocenters. The molecule has 0 bridgehead atoms. The summed E-state index contributed by atoms with van der Waals surface area (Å²) in [7, 11) is 1.31. The SMILES string of the molecule is COC(=O)Nc1ccc(-n2cc(C(O)c3c(C4CC4)ncc4cncn34)nn2)cc1. The molecule has 3 aromatic heterocycles. The maximum absolute atomic E-state index is 11.3. The number of hydrogen-bond donors (Lipinski definition) is 2. The summed E-state index contributed by atoms with van der Waals surface area (Å²) in [4.78, 5) is 20.1. The molecule has 30 heavy (non-hydrogen) atoms.